The zero-order valence-corrected chi connectivity index (χ0v) is 18.0. The monoisotopic (exact) mass is 441 g/mol. The van der Waals surface area contributed by atoms with Gasteiger partial charge in [0.2, 0.25) is 5.82 Å². The number of hydrogen-bond donors (Lipinski definition) is 0. The maximum atomic E-state index is 13.4. The lowest BCUT2D eigenvalue weighted by molar-refractivity contribution is 0.0716. The second kappa shape index (κ2) is 9.12. The number of nitrogens with zero attached hydrogens (tertiary/aromatic N) is 5. The molecular weight excluding hydrogens is 418 g/mol. The number of para-hydroxylation sites is 2. The Bertz CT molecular complexity index is 1300. The summed E-state index contributed by atoms with van der Waals surface area (Å²) < 4.78 is 9.53. The molecule has 1 aliphatic rings. The molecule has 3 heterocycles. The third-order valence-corrected chi connectivity index (χ3v) is 5.68. The maximum Gasteiger partial charge on any atom is 0.292 e. The van der Waals surface area contributed by atoms with Crippen LogP contribution >= 0.6 is 0 Å². The topological polar surface area (TPSA) is 82.2 Å². The Balaban J connectivity index is 1.48. The summed E-state index contributed by atoms with van der Waals surface area (Å²) in [5.74, 6) is 0.683. The minimum Gasteiger partial charge on any atom is -0.492 e. The molecule has 0 spiro atoms. The molecule has 1 aliphatic heterocycles. The summed E-state index contributed by atoms with van der Waals surface area (Å²) in [7, 11) is 0. The highest BCUT2D eigenvalue weighted by Gasteiger charge is 2.30. The van der Waals surface area contributed by atoms with Crippen LogP contribution in [0.1, 0.15) is 21.9 Å². The van der Waals surface area contributed by atoms with E-state index in [4.69, 9.17) is 4.74 Å². The first-order valence-corrected chi connectivity index (χ1v) is 10.9. The average molecular weight is 441 g/mol. The predicted octanol–water partition coefficient (Wildman–Crippen LogP) is 2.71. The van der Waals surface area contributed by atoms with Crippen LogP contribution in [0.2, 0.25) is 0 Å². The van der Waals surface area contributed by atoms with Gasteiger partial charge in [-0.1, -0.05) is 36.4 Å². The molecule has 0 saturated carbocycles. The Morgan fingerprint density at radius 2 is 1.64 bits per heavy atom. The van der Waals surface area contributed by atoms with E-state index in [2.05, 4.69) is 9.97 Å². The largest absolute Gasteiger partial charge is 0.492 e. The van der Waals surface area contributed by atoms with Crippen LogP contribution in [0.15, 0.2) is 83.9 Å². The first kappa shape index (κ1) is 20.7. The Hall–Kier alpha value is -4.20. The maximum absolute atomic E-state index is 13.4. The van der Waals surface area contributed by atoms with Crippen molar-refractivity contribution in [2.24, 2.45) is 0 Å². The van der Waals surface area contributed by atoms with E-state index in [-0.39, 0.29) is 17.3 Å². The summed E-state index contributed by atoms with van der Waals surface area (Å²) in [4.78, 5) is 36.2. The second-order valence-electron chi connectivity index (χ2n) is 7.71. The number of ether oxygens (including phenoxy) is 1. The average Bonchev–Trinajstić information content (AvgIpc) is 3.16. The lowest BCUT2D eigenvalue weighted by Crippen LogP contribution is -2.38. The summed E-state index contributed by atoms with van der Waals surface area (Å²) in [5.41, 5.74) is 2.27. The Labute approximate surface area is 190 Å². The van der Waals surface area contributed by atoms with Gasteiger partial charge in [0.1, 0.15) is 12.4 Å². The highest BCUT2D eigenvalue weighted by atomic mass is 16.5. The van der Waals surface area contributed by atoms with Crippen LogP contribution in [0.4, 0.5) is 0 Å². The Morgan fingerprint density at radius 1 is 0.939 bits per heavy atom. The molecule has 0 N–H and O–H groups in total. The molecule has 0 aliphatic carbocycles. The van der Waals surface area contributed by atoms with Crippen molar-refractivity contribution in [1.82, 2.24) is 24.2 Å². The van der Waals surface area contributed by atoms with Gasteiger partial charge in [-0.3, -0.25) is 14.3 Å². The summed E-state index contributed by atoms with van der Waals surface area (Å²) >= 11 is 0. The molecule has 8 heteroatoms. The van der Waals surface area contributed by atoms with Gasteiger partial charge in [0, 0.05) is 24.5 Å². The molecular formula is C25H23N5O3. The first-order valence-electron chi connectivity index (χ1n) is 10.9. The number of carbonyl (C=O) groups is 1. The zero-order valence-electron chi connectivity index (χ0n) is 18.0. The molecule has 4 aromatic rings. The van der Waals surface area contributed by atoms with Crippen LogP contribution in [0.5, 0.6) is 5.75 Å². The van der Waals surface area contributed by atoms with E-state index in [1.165, 1.54) is 0 Å². The number of carbonyl (C=O) groups excluding carboxylic acids is 1. The molecule has 2 aromatic carbocycles. The van der Waals surface area contributed by atoms with Crippen molar-refractivity contribution in [2.75, 3.05) is 13.2 Å². The predicted molar refractivity (Wildman–Crippen MR) is 122 cm³/mol. The van der Waals surface area contributed by atoms with Crippen LogP contribution in [0.25, 0.3) is 5.69 Å². The van der Waals surface area contributed by atoms with Crippen LogP contribution < -0.4 is 10.3 Å². The van der Waals surface area contributed by atoms with Crippen molar-refractivity contribution in [1.29, 1.82) is 0 Å². The molecule has 0 bridgehead atoms. The summed E-state index contributed by atoms with van der Waals surface area (Å²) in [6.45, 7) is 1.59. The van der Waals surface area contributed by atoms with E-state index in [1.807, 2.05) is 65.3 Å². The molecule has 0 fully saturated rings. The lowest BCUT2D eigenvalue weighted by Gasteiger charge is -2.27. The summed E-state index contributed by atoms with van der Waals surface area (Å²) in [6.07, 6.45) is 3.59. The molecule has 33 heavy (non-hydrogen) atoms. The lowest BCUT2D eigenvalue weighted by atomic mass is 10.1. The van der Waals surface area contributed by atoms with Crippen molar-refractivity contribution in [2.45, 2.75) is 19.5 Å². The van der Waals surface area contributed by atoms with Gasteiger partial charge in [-0.2, -0.15) is 0 Å². The number of aromatic nitrogens is 4. The number of amides is 1. The third kappa shape index (κ3) is 4.15. The van der Waals surface area contributed by atoms with E-state index >= 15 is 0 Å². The van der Waals surface area contributed by atoms with Crippen molar-refractivity contribution >= 4 is 5.91 Å². The smallest absolute Gasteiger partial charge is 0.292 e. The Morgan fingerprint density at radius 3 is 2.36 bits per heavy atom. The van der Waals surface area contributed by atoms with Crippen LogP contribution in [-0.2, 0) is 19.5 Å². The van der Waals surface area contributed by atoms with Crippen LogP contribution in [0.3, 0.4) is 0 Å². The van der Waals surface area contributed by atoms with E-state index in [1.54, 1.807) is 28.0 Å². The van der Waals surface area contributed by atoms with Crippen LogP contribution in [-0.4, -0.2) is 43.3 Å². The van der Waals surface area contributed by atoms with Crippen LogP contribution in [0, 0.1) is 0 Å². The Kier molecular flexibility index (Phi) is 5.72. The molecule has 8 nitrogen and oxygen atoms in total. The van der Waals surface area contributed by atoms with Crippen molar-refractivity contribution in [3.8, 4) is 11.4 Å². The van der Waals surface area contributed by atoms with Gasteiger partial charge < -0.3 is 9.64 Å². The fourth-order valence-electron chi connectivity index (χ4n) is 4.12. The quantitative estimate of drug-likeness (QED) is 0.460. The molecule has 0 atom stereocenters. The first-order chi connectivity index (χ1) is 16.2. The number of rotatable bonds is 6. The number of fused-ring (bicyclic) bond motifs is 1. The normalized spacial score (nSPS) is 12.9. The highest BCUT2D eigenvalue weighted by molar-refractivity contribution is 5.90. The zero-order chi connectivity index (χ0) is 22.6. The summed E-state index contributed by atoms with van der Waals surface area (Å²) in [5, 5.41) is 0. The fraction of sp³-hybridized carbons (Fsp3) is 0.200. The summed E-state index contributed by atoms with van der Waals surface area (Å²) in [6, 6.07) is 20.8. The minimum absolute atomic E-state index is 0.0565. The molecule has 1 amide bonds. The van der Waals surface area contributed by atoms with Crippen molar-refractivity contribution < 1.29 is 9.53 Å². The standard InChI is InChI=1S/C25H23N5O3/c31-24-21-12-15-28(25(32)23-26-13-7-14-27-23)18-22(21)29(30(24)19-8-3-1-4-9-19)16-17-33-20-10-5-2-6-11-20/h1-11,13-14H,12,15-18H2. The molecule has 0 unspecified atom stereocenters. The van der Waals surface area contributed by atoms with Gasteiger partial charge >= 0.3 is 0 Å². The van der Waals surface area contributed by atoms with E-state index < -0.39 is 0 Å². The second-order valence-corrected chi connectivity index (χ2v) is 7.71. The number of hydrogen-bond acceptors (Lipinski definition) is 5. The van der Waals surface area contributed by atoms with Crippen molar-refractivity contribution in [3.63, 3.8) is 0 Å². The molecule has 166 valence electrons. The van der Waals surface area contributed by atoms with E-state index in [0.29, 0.717) is 32.7 Å². The van der Waals surface area contributed by atoms with Crippen molar-refractivity contribution in [3.05, 3.63) is 107 Å². The van der Waals surface area contributed by atoms with Gasteiger partial charge in [-0.15, -0.1) is 0 Å². The number of benzene rings is 2. The SMILES string of the molecule is O=C(c1ncccn1)N1CCc2c(n(CCOc3ccccc3)n(-c3ccccc3)c2=O)C1. The van der Waals surface area contributed by atoms with Gasteiger partial charge in [-0.05, 0) is 36.8 Å². The molecule has 2 aromatic heterocycles. The molecule has 0 radical (unpaired) electrons. The van der Waals surface area contributed by atoms with Gasteiger partial charge in [0.15, 0.2) is 0 Å². The molecule has 0 saturated heterocycles. The highest BCUT2D eigenvalue weighted by Crippen LogP contribution is 2.21. The van der Waals surface area contributed by atoms with Gasteiger partial charge in [0.25, 0.3) is 11.5 Å². The van der Waals surface area contributed by atoms with E-state index in [0.717, 1.165) is 22.7 Å². The van der Waals surface area contributed by atoms with E-state index in [9.17, 15) is 9.59 Å². The van der Waals surface area contributed by atoms with Gasteiger partial charge in [0.05, 0.1) is 24.5 Å². The fourth-order valence-corrected chi connectivity index (χ4v) is 4.12. The third-order valence-electron chi connectivity index (χ3n) is 5.68. The van der Waals surface area contributed by atoms with Gasteiger partial charge in [-0.25, -0.2) is 14.6 Å². The molecule has 5 rings (SSSR count). The minimum atomic E-state index is -0.242.